The first-order valence-electron chi connectivity index (χ1n) is 5.86. The fourth-order valence-electron chi connectivity index (χ4n) is 1.91. The lowest BCUT2D eigenvalue weighted by Crippen LogP contribution is -2.99. The number of quaternary nitrogens is 1. The van der Waals surface area contributed by atoms with Gasteiger partial charge in [-0.15, -0.1) is 0 Å². The van der Waals surface area contributed by atoms with E-state index in [0.29, 0.717) is 0 Å². The van der Waals surface area contributed by atoms with Gasteiger partial charge in [-0.2, -0.15) is 18.4 Å². The predicted molar refractivity (Wildman–Crippen MR) is 67.2 cm³/mol. The fraction of sp³-hybridized carbons (Fsp3) is 0.455. The lowest BCUT2D eigenvalue weighted by molar-refractivity contribution is -0.991. The molecule has 1 atom stereocenters. The summed E-state index contributed by atoms with van der Waals surface area (Å²) in [4.78, 5) is 0. The molecule has 3 N–H and O–H groups in total. The van der Waals surface area contributed by atoms with E-state index in [4.69, 9.17) is 9.39 Å². The summed E-state index contributed by atoms with van der Waals surface area (Å²) in [7, 11) is -3.88. The minimum Gasteiger partial charge on any atom is -0.595 e. The Balaban J connectivity index is 2.03. The Morgan fingerprint density at radius 3 is 2.37 bits per heavy atom. The smallest absolute Gasteiger partial charge is 0.383 e. The molecule has 0 aromatic heterocycles. The Morgan fingerprint density at radius 2 is 1.95 bits per heavy atom. The molecule has 106 valence electrons. The molecule has 1 aromatic carbocycles. The Hall–Kier alpha value is -1.19. The molecule has 1 saturated carbocycles. The highest BCUT2D eigenvalue weighted by Crippen LogP contribution is 2.31. The Bertz CT molecular complexity index is 537. The van der Waals surface area contributed by atoms with E-state index in [9.17, 15) is 13.6 Å². The second kappa shape index (κ2) is 5.06. The quantitative estimate of drug-likeness (QED) is 0.674. The third kappa shape index (κ3) is 3.64. The van der Waals surface area contributed by atoms with Gasteiger partial charge in [0.05, 0.1) is 0 Å². The van der Waals surface area contributed by atoms with Gasteiger partial charge in [-0.05, 0) is 38.3 Å². The van der Waals surface area contributed by atoms with E-state index in [1.165, 1.54) is 24.3 Å². The van der Waals surface area contributed by atoms with Crippen molar-refractivity contribution >= 4 is 16.0 Å². The van der Waals surface area contributed by atoms with Crippen molar-refractivity contribution in [3.05, 3.63) is 29.5 Å². The summed E-state index contributed by atoms with van der Waals surface area (Å²) in [5.41, 5.74) is -0.358. The van der Waals surface area contributed by atoms with Crippen LogP contribution >= 0.6 is 0 Å². The summed E-state index contributed by atoms with van der Waals surface area (Å²) in [5.74, 6) is 0.0837. The van der Waals surface area contributed by atoms with Gasteiger partial charge in [0.2, 0.25) is 0 Å². The molecule has 1 aliphatic rings. The van der Waals surface area contributed by atoms with E-state index in [2.05, 4.69) is 4.72 Å². The lowest BCUT2D eigenvalue weighted by Gasteiger charge is -2.37. The molecule has 1 fully saturated rings. The normalized spacial score (nSPS) is 19.5. The molecule has 0 saturated heterocycles. The van der Waals surface area contributed by atoms with Crippen molar-refractivity contribution in [2.45, 2.75) is 31.7 Å². The molecule has 0 bridgehead atoms. The second-order valence-electron chi connectivity index (χ2n) is 4.88. The second-order valence-corrected chi connectivity index (χ2v) is 6.16. The van der Waals surface area contributed by atoms with Crippen molar-refractivity contribution in [1.29, 1.82) is 0 Å². The maximum absolute atomic E-state index is 11.8. The SMILES string of the molecule is CC1(NS(=O)(=O)Oc2ccc([NH+]([O-])O)cc2)CCC1. The Labute approximate surface area is 111 Å². The molecular formula is C11H16N2O5S. The first kappa shape index (κ1) is 14.2. The van der Waals surface area contributed by atoms with Gasteiger partial charge in [0.1, 0.15) is 5.75 Å². The van der Waals surface area contributed by atoms with Crippen molar-refractivity contribution in [2.75, 3.05) is 0 Å². The first-order chi connectivity index (χ1) is 8.80. The van der Waals surface area contributed by atoms with E-state index in [0.717, 1.165) is 19.3 Å². The number of nitrogens with one attached hydrogen (secondary N) is 2. The summed E-state index contributed by atoms with van der Waals surface area (Å²) in [5, 5.41) is 18.3. The van der Waals surface area contributed by atoms with E-state index in [-0.39, 0.29) is 11.4 Å². The molecule has 0 aliphatic heterocycles. The fourth-order valence-corrected chi connectivity index (χ4v) is 3.13. The van der Waals surface area contributed by atoms with Gasteiger partial charge < -0.3 is 9.39 Å². The minimum absolute atomic E-state index is 0.0728. The van der Waals surface area contributed by atoms with E-state index >= 15 is 0 Å². The number of benzene rings is 1. The highest BCUT2D eigenvalue weighted by molar-refractivity contribution is 7.85. The summed E-state index contributed by atoms with van der Waals surface area (Å²) < 4.78 is 30.9. The summed E-state index contributed by atoms with van der Waals surface area (Å²) in [6.07, 6.45) is 2.56. The average Bonchev–Trinajstić information content (AvgIpc) is 2.26. The van der Waals surface area contributed by atoms with Gasteiger partial charge in [-0.3, -0.25) is 0 Å². The minimum atomic E-state index is -3.88. The van der Waals surface area contributed by atoms with Gasteiger partial charge in [0, 0.05) is 17.7 Å². The molecule has 1 aliphatic carbocycles. The zero-order chi connectivity index (χ0) is 14.1. The van der Waals surface area contributed by atoms with Crippen LogP contribution in [0.1, 0.15) is 26.2 Å². The number of hydrogen-bond acceptors (Lipinski definition) is 5. The van der Waals surface area contributed by atoms with Crippen LogP contribution < -0.4 is 14.1 Å². The van der Waals surface area contributed by atoms with Crippen LogP contribution in [0.3, 0.4) is 0 Å². The van der Waals surface area contributed by atoms with Gasteiger partial charge in [0.25, 0.3) is 0 Å². The summed E-state index contributed by atoms with van der Waals surface area (Å²) >= 11 is 0. The zero-order valence-corrected chi connectivity index (χ0v) is 11.2. The standard InChI is InChI=1S/C11H16N2O5S/c1-11(7-2-8-11)12-19(16,17)18-10-5-3-9(4-6-10)13(14)15/h3-6,12-14H,2,7-8H2,1H3. The average molecular weight is 288 g/mol. The molecule has 0 amide bonds. The number of rotatable bonds is 5. The van der Waals surface area contributed by atoms with Crippen LogP contribution in [0.2, 0.25) is 0 Å². The van der Waals surface area contributed by atoms with E-state index in [1.54, 1.807) is 0 Å². The van der Waals surface area contributed by atoms with Crippen LogP contribution in [0.4, 0.5) is 5.69 Å². The molecular weight excluding hydrogens is 272 g/mol. The van der Waals surface area contributed by atoms with Gasteiger partial charge in [-0.25, -0.2) is 5.21 Å². The predicted octanol–water partition coefficient (Wildman–Crippen LogP) is 0.246. The van der Waals surface area contributed by atoms with Crippen LogP contribution in [0.15, 0.2) is 24.3 Å². The van der Waals surface area contributed by atoms with Crippen LogP contribution in [-0.2, 0) is 10.3 Å². The molecule has 0 spiro atoms. The van der Waals surface area contributed by atoms with Crippen molar-refractivity contribution in [3.63, 3.8) is 0 Å². The molecule has 1 unspecified atom stereocenters. The third-order valence-corrected chi connectivity index (χ3v) is 4.29. The Kier molecular flexibility index (Phi) is 3.79. The van der Waals surface area contributed by atoms with Gasteiger partial charge in [0.15, 0.2) is 5.69 Å². The third-order valence-electron chi connectivity index (χ3n) is 3.14. The Morgan fingerprint density at radius 1 is 1.37 bits per heavy atom. The zero-order valence-electron chi connectivity index (χ0n) is 10.4. The topological polar surface area (TPSA) is 103 Å². The maximum atomic E-state index is 11.8. The van der Waals surface area contributed by atoms with Crippen molar-refractivity contribution in [2.24, 2.45) is 0 Å². The van der Waals surface area contributed by atoms with Crippen LogP contribution in [0.25, 0.3) is 0 Å². The molecule has 1 aromatic rings. The van der Waals surface area contributed by atoms with E-state index < -0.39 is 21.1 Å². The maximum Gasteiger partial charge on any atom is 0.383 e. The molecule has 19 heavy (non-hydrogen) atoms. The van der Waals surface area contributed by atoms with Crippen molar-refractivity contribution < 1.29 is 23.0 Å². The van der Waals surface area contributed by atoms with Crippen LogP contribution in [0.5, 0.6) is 5.75 Å². The summed E-state index contributed by atoms with van der Waals surface area (Å²) in [6.45, 7) is 1.82. The van der Waals surface area contributed by atoms with Crippen LogP contribution in [-0.4, -0.2) is 19.2 Å². The molecule has 0 radical (unpaired) electrons. The summed E-state index contributed by atoms with van der Waals surface area (Å²) in [6, 6.07) is 5.20. The van der Waals surface area contributed by atoms with Crippen molar-refractivity contribution in [1.82, 2.24) is 4.72 Å². The van der Waals surface area contributed by atoms with Gasteiger partial charge in [-0.1, -0.05) is 0 Å². The monoisotopic (exact) mass is 288 g/mol. The molecule has 7 nitrogen and oxygen atoms in total. The van der Waals surface area contributed by atoms with Crippen LogP contribution in [0, 0.1) is 5.21 Å². The molecule has 0 heterocycles. The van der Waals surface area contributed by atoms with Gasteiger partial charge >= 0.3 is 10.3 Å². The molecule has 2 rings (SSSR count). The van der Waals surface area contributed by atoms with E-state index in [1.807, 2.05) is 6.92 Å². The largest absolute Gasteiger partial charge is 0.595 e. The highest BCUT2D eigenvalue weighted by atomic mass is 32.2. The lowest BCUT2D eigenvalue weighted by atomic mass is 9.80. The van der Waals surface area contributed by atoms with Crippen molar-refractivity contribution in [3.8, 4) is 5.75 Å². The highest BCUT2D eigenvalue weighted by Gasteiger charge is 2.36. The first-order valence-corrected chi connectivity index (χ1v) is 7.27. The number of hydrogen-bond donors (Lipinski definition) is 3. The molecule has 8 heteroatoms.